The van der Waals surface area contributed by atoms with Crippen LogP contribution in [0.15, 0.2) is 59.5 Å². The Morgan fingerprint density at radius 1 is 0.886 bits per heavy atom. The van der Waals surface area contributed by atoms with Crippen LogP contribution in [0.4, 0.5) is 5.69 Å². The molecular weight excluding hydrogens is 460 g/mol. The molecule has 0 aliphatic carbocycles. The molecule has 0 aliphatic heterocycles. The summed E-state index contributed by atoms with van der Waals surface area (Å²) in [5.41, 5.74) is 6.51. The van der Waals surface area contributed by atoms with E-state index in [0.717, 1.165) is 32.1 Å². The molecule has 0 radical (unpaired) electrons. The Labute approximate surface area is 209 Å². The molecule has 6 nitrogen and oxygen atoms in total. The van der Waals surface area contributed by atoms with E-state index in [1.165, 1.54) is 12.7 Å². The number of amides is 1. The minimum Gasteiger partial charge on any atom is -0.495 e. The number of hydrogen-bond donors (Lipinski definition) is 1. The molecule has 186 valence electrons. The maximum atomic E-state index is 13.7. The number of benzene rings is 3. The van der Waals surface area contributed by atoms with Crippen molar-refractivity contribution in [3.63, 3.8) is 0 Å². The van der Waals surface area contributed by atoms with Gasteiger partial charge in [0, 0.05) is 0 Å². The zero-order chi connectivity index (χ0) is 25.9. The Morgan fingerprint density at radius 2 is 1.49 bits per heavy atom. The predicted octanol–water partition coefficient (Wildman–Crippen LogP) is 5.31. The van der Waals surface area contributed by atoms with Gasteiger partial charge in [0.2, 0.25) is 5.91 Å². The summed E-state index contributed by atoms with van der Waals surface area (Å²) >= 11 is 0. The zero-order valence-electron chi connectivity index (χ0n) is 21.5. The fourth-order valence-electron chi connectivity index (χ4n) is 4.08. The van der Waals surface area contributed by atoms with Crippen molar-refractivity contribution < 1.29 is 17.9 Å². The summed E-state index contributed by atoms with van der Waals surface area (Å²) in [6.45, 7) is 11.4. The second kappa shape index (κ2) is 10.5. The zero-order valence-corrected chi connectivity index (χ0v) is 22.3. The summed E-state index contributed by atoms with van der Waals surface area (Å²) < 4.78 is 34.1. The van der Waals surface area contributed by atoms with E-state index in [9.17, 15) is 13.2 Å². The number of hydrogen-bond acceptors (Lipinski definition) is 4. The lowest BCUT2D eigenvalue weighted by molar-refractivity contribution is -0.120. The van der Waals surface area contributed by atoms with Gasteiger partial charge in [-0.15, -0.1) is 0 Å². The summed E-state index contributed by atoms with van der Waals surface area (Å²) in [4.78, 5) is 13.3. The van der Waals surface area contributed by atoms with Gasteiger partial charge < -0.3 is 10.1 Å². The third-order valence-corrected chi connectivity index (χ3v) is 8.00. The van der Waals surface area contributed by atoms with E-state index in [1.54, 1.807) is 36.4 Å². The van der Waals surface area contributed by atoms with Crippen LogP contribution in [0, 0.1) is 34.6 Å². The SMILES string of the molecule is COc1ccc(C)cc1N(CC(=O)N[C@H](C)c1cc(C)c(C)cc1C)S(=O)(=O)c1ccc(C)cc1. The number of aryl methyl sites for hydroxylation is 5. The average molecular weight is 495 g/mol. The van der Waals surface area contributed by atoms with Gasteiger partial charge >= 0.3 is 0 Å². The third-order valence-electron chi connectivity index (χ3n) is 6.23. The smallest absolute Gasteiger partial charge is 0.264 e. The summed E-state index contributed by atoms with van der Waals surface area (Å²) in [7, 11) is -2.56. The fraction of sp³-hybridized carbons (Fsp3) is 0.321. The number of methoxy groups -OCH3 is 1. The van der Waals surface area contributed by atoms with E-state index >= 15 is 0 Å². The largest absolute Gasteiger partial charge is 0.495 e. The van der Waals surface area contributed by atoms with Gasteiger partial charge in [-0.3, -0.25) is 9.10 Å². The van der Waals surface area contributed by atoms with E-state index in [-0.39, 0.29) is 17.5 Å². The monoisotopic (exact) mass is 494 g/mol. The molecular formula is C28H34N2O4S. The number of rotatable bonds is 8. The van der Waals surface area contributed by atoms with Gasteiger partial charge in [-0.1, -0.05) is 35.9 Å². The van der Waals surface area contributed by atoms with Gasteiger partial charge in [-0.2, -0.15) is 0 Å². The number of carbonyl (C=O) groups excluding carboxylic acids is 1. The second-order valence-electron chi connectivity index (χ2n) is 9.08. The highest BCUT2D eigenvalue weighted by Gasteiger charge is 2.30. The molecule has 3 aromatic carbocycles. The second-order valence-corrected chi connectivity index (χ2v) is 10.9. The Balaban J connectivity index is 1.99. The first-order valence-electron chi connectivity index (χ1n) is 11.5. The highest BCUT2D eigenvalue weighted by molar-refractivity contribution is 7.92. The van der Waals surface area contributed by atoms with Crippen molar-refractivity contribution in [3.8, 4) is 5.75 Å². The highest BCUT2D eigenvalue weighted by atomic mass is 32.2. The topological polar surface area (TPSA) is 75.7 Å². The molecule has 35 heavy (non-hydrogen) atoms. The summed E-state index contributed by atoms with van der Waals surface area (Å²) in [5, 5.41) is 2.98. The first kappa shape index (κ1) is 26.3. The molecule has 0 aromatic heterocycles. The molecule has 7 heteroatoms. The van der Waals surface area contributed by atoms with Crippen molar-refractivity contribution in [2.45, 2.75) is 52.5 Å². The van der Waals surface area contributed by atoms with E-state index in [4.69, 9.17) is 4.74 Å². The van der Waals surface area contributed by atoms with Gasteiger partial charge in [0.1, 0.15) is 12.3 Å². The summed E-state index contributed by atoms with van der Waals surface area (Å²) in [5.74, 6) is -0.0356. The fourth-order valence-corrected chi connectivity index (χ4v) is 5.50. The number of nitrogens with zero attached hydrogens (tertiary/aromatic N) is 1. The predicted molar refractivity (Wildman–Crippen MR) is 141 cm³/mol. The van der Waals surface area contributed by atoms with Crippen molar-refractivity contribution in [3.05, 3.63) is 88.0 Å². The maximum Gasteiger partial charge on any atom is 0.264 e. The number of anilines is 1. The van der Waals surface area contributed by atoms with Crippen LogP contribution in [0.5, 0.6) is 5.75 Å². The molecule has 0 bridgehead atoms. The van der Waals surface area contributed by atoms with Crippen LogP contribution >= 0.6 is 0 Å². The highest BCUT2D eigenvalue weighted by Crippen LogP contribution is 2.33. The van der Waals surface area contributed by atoms with Gasteiger partial charge in [-0.05, 0) is 93.6 Å². The van der Waals surface area contributed by atoms with Crippen molar-refractivity contribution in [1.82, 2.24) is 5.32 Å². The van der Waals surface area contributed by atoms with Crippen molar-refractivity contribution in [2.24, 2.45) is 0 Å². The molecule has 3 aromatic rings. The number of sulfonamides is 1. The van der Waals surface area contributed by atoms with Crippen LogP contribution in [0.25, 0.3) is 0 Å². The van der Waals surface area contributed by atoms with Gasteiger partial charge in [0.25, 0.3) is 10.0 Å². The Bertz CT molecular complexity index is 1330. The standard InChI is InChI=1S/C28H34N2O4S/c1-18-8-11-24(12-9-18)35(32,33)30(26-14-19(2)10-13-27(26)34-7)17-28(31)29-23(6)25-16-21(4)20(3)15-22(25)5/h8-16,23H,17H2,1-7H3,(H,29,31)/t23-/m1/s1. The lowest BCUT2D eigenvalue weighted by Gasteiger charge is -2.27. The lowest BCUT2D eigenvalue weighted by atomic mass is 9.96. The van der Waals surface area contributed by atoms with E-state index in [2.05, 4.69) is 24.4 Å². The van der Waals surface area contributed by atoms with Gasteiger partial charge in [0.05, 0.1) is 23.7 Å². The van der Waals surface area contributed by atoms with Crippen molar-refractivity contribution >= 4 is 21.6 Å². The molecule has 0 fully saturated rings. The number of carbonyl (C=O) groups is 1. The third kappa shape index (κ3) is 5.85. The Hall–Kier alpha value is -3.32. The molecule has 1 N–H and O–H groups in total. The minimum atomic E-state index is -4.04. The molecule has 0 aliphatic rings. The van der Waals surface area contributed by atoms with E-state index in [0.29, 0.717) is 11.4 Å². The number of nitrogens with one attached hydrogen (secondary N) is 1. The van der Waals surface area contributed by atoms with Crippen LogP contribution in [0.1, 0.15) is 46.3 Å². The van der Waals surface area contributed by atoms with Crippen LogP contribution in [0.3, 0.4) is 0 Å². The molecule has 0 spiro atoms. The Kier molecular flexibility index (Phi) is 7.90. The van der Waals surface area contributed by atoms with Crippen LogP contribution in [0.2, 0.25) is 0 Å². The van der Waals surface area contributed by atoms with E-state index in [1.807, 2.05) is 40.7 Å². The van der Waals surface area contributed by atoms with Gasteiger partial charge in [0.15, 0.2) is 0 Å². The van der Waals surface area contributed by atoms with Crippen molar-refractivity contribution in [1.29, 1.82) is 0 Å². The molecule has 1 atom stereocenters. The number of ether oxygens (including phenoxy) is 1. The summed E-state index contributed by atoms with van der Waals surface area (Å²) in [6.07, 6.45) is 0. The quantitative estimate of drug-likeness (QED) is 0.460. The minimum absolute atomic E-state index is 0.109. The van der Waals surface area contributed by atoms with Crippen LogP contribution in [-0.2, 0) is 14.8 Å². The molecule has 0 unspecified atom stereocenters. The molecule has 1 amide bonds. The molecule has 0 heterocycles. The molecule has 0 saturated carbocycles. The lowest BCUT2D eigenvalue weighted by Crippen LogP contribution is -2.42. The van der Waals surface area contributed by atoms with Crippen molar-refractivity contribution in [2.75, 3.05) is 18.0 Å². The average Bonchev–Trinajstić information content (AvgIpc) is 2.80. The van der Waals surface area contributed by atoms with Crippen LogP contribution < -0.4 is 14.4 Å². The van der Waals surface area contributed by atoms with Gasteiger partial charge in [-0.25, -0.2) is 8.42 Å². The first-order valence-corrected chi connectivity index (χ1v) is 13.0. The molecule has 0 saturated heterocycles. The summed E-state index contributed by atoms with van der Waals surface area (Å²) in [6, 6.07) is 15.7. The normalized spacial score (nSPS) is 12.2. The van der Waals surface area contributed by atoms with E-state index < -0.39 is 15.9 Å². The van der Waals surface area contributed by atoms with Crippen LogP contribution in [-0.4, -0.2) is 28.0 Å². The Morgan fingerprint density at radius 3 is 2.11 bits per heavy atom. The molecule has 3 rings (SSSR count). The maximum absolute atomic E-state index is 13.7. The first-order chi connectivity index (χ1) is 16.4.